The van der Waals surface area contributed by atoms with Gasteiger partial charge < -0.3 is 4.90 Å². The molecule has 25 heavy (non-hydrogen) atoms. The summed E-state index contributed by atoms with van der Waals surface area (Å²) in [6, 6.07) is 10.2. The van der Waals surface area contributed by atoms with Gasteiger partial charge in [-0.15, -0.1) is 0 Å². The molecule has 0 bridgehead atoms. The second-order valence-corrected chi connectivity index (χ2v) is 6.79. The van der Waals surface area contributed by atoms with Crippen molar-refractivity contribution < 1.29 is 4.79 Å². The van der Waals surface area contributed by atoms with Crippen LogP contribution in [0.1, 0.15) is 24.0 Å². The number of carbonyl (C=O) groups is 1. The van der Waals surface area contributed by atoms with Gasteiger partial charge >= 0.3 is 0 Å². The van der Waals surface area contributed by atoms with Crippen molar-refractivity contribution in [2.45, 2.75) is 38.8 Å². The maximum atomic E-state index is 12.9. The third-order valence-electron chi connectivity index (χ3n) is 4.92. The number of aromatic nitrogens is 3. The molecule has 3 aromatic rings. The summed E-state index contributed by atoms with van der Waals surface area (Å²) in [5.74, 6) is 0.185. The first kappa shape index (κ1) is 15.8. The molecular weight excluding hydrogens is 312 g/mol. The molecule has 4 rings (SSSR count). The van der Waals surface area contributed by atoms with Gasteiger partial charge in [0.15, 0.2) is 0 Å². The lowest BCUT2D eigenvalue weighted by atomic mass is 10.1. The molecule has 0 N–H and O–H groups in total. The standard InChI is InChI=1S/C20H22N4O/c1-15-12-22-23(13-15)14-18-8-4-10-24(18)19(25)11-17-6-2-5-16-7-3-9-21-20(16)17/h2-3,5-7,9,12-13,18H,4,8,10-11,14H2,1H3. The quantitative estimate of drug-likeness (QED) is 0.737. The largest absolute Gasteiger partial charge is 0.338 e. The number of pyridine rings is 1. The van der Waals surface area contributed by atoms with E-state index in [0.29, 0.717) is 6.42 Å². The molecule has 0 aliphatic carbocycles. The van der Waals surface area contributed by atoms with Crippen LogP contribution in [0, 0.1) is 6.92 Å². The van der Waals surface area contributed by atoms with E-state index in [2.05, 4.69) is 10.1 Å². The van der Waals surface area contributed by atoms with Gasteiger partial charge in [0.05, 0.1) is 30.7 Å². The van der Waals surface area contributed by atoms with E-state index in [1.807, 2.05) is 59.2 Å². The molecule has 5 nitrogen and oxygen atoms in total. The molecule has 1 aromatic carbocycles. The summed E-state index contributed by atoms with van der Waals surface area (Å²) in [5.41, 5.74) is 3.08. The fourth-order valence-electron chi connectivity index (χ4n) is 3.71. The normalized spacial score (nSPS) is 17.3. The van der Waals surface area contributed by atoms with Gasteiger partial charge in [-0.3, -0.25) is 14.5 Å². The van der Waals surface area contributed by atoms with Gasteiger partial charge in [0, 0.05) is 24.3 Å². The number of rotatable bonds is 4. The molecule has 1 unspecified atom stereocenters. The molecule has 1 amide bonds. The van der Waals surface area contributed by atoms with Crippen molar-refractivity contribution in [1.82, 2.24) is 19.7 Å². The lowest BCUT2D eigenvalue weighted by Gasteiger charge is -2.25. The number of para-hydroxylation sites is 1. The molecule has 1 fully saturated rings. The van der Waals surface area contributed by atoms with Crippen molar-refractivity contribution >= 4 is 16.8 Å². The summed E-state index contributed by atoms with van der Waals surface area (Å²) in [6.45, 7) is 3.64. The average Bonchev–Trinajstić information content (AvgIpc) is 3.24. The molecule has 1 aliphatic rings. The van der Waals surface area contributed by atoms with Crippen molar-refractivity contribution in [2.24, 2.45) is 0 Å². The van der Waals surface area contributed by atoms with Crippen LogP contribution in [0.5, 0.6) is 0 Å². The Morgan fingerprint density at radius 2 is 2.16 bits per heavy atom. The predicted octanol–water partition coefficient (Wildman–Crippen LogP) is 2.97. The summed E-state index contributed by atoms with van der Waals surface area (Å²) in [6.07, 6.45) is 8.19. The highest BCUT2D eigenvalue weighted by atomic mass is 16.2. The molecule has 0 radical (unpaired) electrons. The molecular formula is C20H22N4O. The zero-order valence-corrected chi connectivity index (χ0v) is 14.4. The van der Waals surface area contributed by atoms with Crippen LogP contribution in [0.2, 0.25) is 0 Å². The second-order valence-electron chi connectivity index (χ2n) is 6.79. The number of hydrogen-bond donors (Lipinski definition) is 0. The molecule has 5 heteroatoms. The van der Waals surface area contributed by atoms with Gasteiger partial charge in [0.1, 0.15) is 0 Å². The van der Waals surface area contributed by atoms with Gasteiger partial charge in [0.2, 0.25) is 5.91 Å². The number of fused-ring (bicyclic) bond motifs is 1. The minimum absolute atomic E-state index is 0.185. The molecule has 2 aromatic heterocycles. The Morgan fingerprint density at radius 1 is 1.28 bits per heavy atom. The van der Waals surface area contributed by atoms with Gasteiger partial charge in [0.25, 0.3) is 0 Å². The summed E-state index contributed by atoms with van der Waals surface area (Å²) in [7, 11) is 0. The highest BCUT2D eigenvalue weighted by Gasteiger charge is 2.29. The third-order valence-corrected chi connectivity index (χ3v) is 4.92. The van der Waals surface area contributed by atoms with Gasteiger partial charge in [-0.2, -0.15) is 5.10 Å². The highest BCUT2D eigenvalue weighted by molar-refractivity contribution is 5.87. The zero-order valence-electron chi connectivity index (χ0n) is 14.4. The van der Waals surface area contributed by atoms with Gasteiger partial charge in [-0.05, 0) is 37.0 Å². The maximum Gasteiger partial charge on any atom is 0.227 e. The Bertz CT molecular complexity index is 896. The number of aryl methyl sites for hydroxylation is 1. The van der Waals surface area contributed by atoms with Crippen LogP contribution in [-0.2, 0) is 17.8 Å². The van der Waals surface area contributed by atoms with Crippen LogP contribution in [0.25, 0.3) is 10.9 Å². The molecule has 0 spiro atoms. The van der Waals surface area contributed by atoms with Crippen molar-refractivity contribution in [1.29, 1.82) is 0 Å². The Balaban J connectivity index is 1.51. The van der Waals surface area contributed by atoms with E-state index in [1.54, 1.807) is 6.20 Å². The number of carbonyl (C=O) groups excluding carboxylic acids is 1. The van der Waals surface area contributed by atoms with Gasteiger partial charge in [-0.1, -0.05) is 24.3 Å². The zero-order chi connectivity index (χ0) is 17.2. The number of amides is 1. The monoisotopic (exact) mass is 334 g/mol. The third kappa shape index (κ3) is 3.27. The minimum Gasteiger partial charge on any atom is -0.338 e. The van der Waals surface area contributed by atoms with E-state index in [9.17, 15) is 4.79 Å². The molecule has 1 aliphatic heterocycles. The first-order chi connectivity index (χ1) is 12.2. The average molecular weight is 334 g/mol. The molecule has 0 saturated carbocycles. The highest BCUT2D eigenvalue weighted by Crippen LogP contribution is 2.22. The summed E-state index contributed by atoms with van der Waals surface area (Å²) in [4.78, 5) is 19.4. The summed E-state index contributed by atoms with van der Waals surface area (Å²) < 4.78 is 1.95. The van der Waals surface area contributed by atoms with Crippen LogP contribution in [0.4, 0.5) is 0 Å². The lowest BCUT2D eigenvalue weighted by Crippen LogP contribution is -2.39. The van der Waals surface area contributed by atoms with Crippen LogP contribution in [0.15, 0.2) is 48.9 Å². The van der Waals surface area contributed by atoms with E-state index in [-0.39, 0.29) is 11.9 Å². The van der Waals surface area contributed by atoms with Crippen LogP contribution >= 0.6 is 0 Å². The maximum absolute atomic E-state index is 12.9. The van der Waals surface area contributed by atoms with Crippen molar-refractivity contribution in [3.05, 3.63) is 60.0 Å². The van der Waals surface area contributed by atoms with E-state index in [1.165, 1.54) is 0 Å². The fraction of sp³-hybridized carbons (Fsp3) is 0.350. The molecule has 128 valence electrons. The van der Waals surface area contributed by atoms with Crippen molar-refractivity contribution in [2.75, 3.05) is 6.54 Å². The fourth-order valence-corrected chi connectivity index (χ4v) is 3.71. The van der Waals surface area contributed by atoms with Crippen LogP contribution in [-0.4, -0.2) is 38.2 Å². The molecule has 1 saturated heterocycles. The Labute approximate surface area is 147 Å². The smallest absolute Gasteiger partial charge is 0.227 e. The summed E-state index contributed by atoms with van der Waals surface area (Å²) >= 11 is 0. The van der Waals surface area contributed by atoms with Crippen LogP contribution in [0.3, 0.4) is 0 Å². The molecule has 1 atom stereocenters. The second kappa shape index (κ2) is 6.67. The number of benzene rings is 1. The Kier molecular flexibility index (Phi) is 4.22. The van der Waals surface area contributed by atoms with Gasteiger partial charge in [-0.25, -0.2) is 0 Å². The minimum atomic E-state index is 0.185. The van der Waals surface area contributed by atoms with E-state index < -0.39 is 0 Å². The van der Waals surface area contributed by atoms with E-state index >= 15 is 0 Å². The van der Waals surface area contributed by atoms with Crippen molar-refractivity contribution in [3.8, 4) is 0 Å². The predicted molar refractivity (Wildman–Crippen MR) is 97.1 cm³/mol. The van der Waals surface area contributed by atoms with Crippen molar-refractivity contribution in [3.63, 3.8) is 0 Å². The summed E-state index contributed by atoms with van der Waals surface area (Å²) in [5, 5.41) is 5.45. The topological polar surface area (TPSA) is 51.0 Å². The van der Waals surface area contributed by atoms with E-state index in [4.69, 9.17) is 0 Å². The Morgan fingerprint density at radius 3 is 3.00 bits per heavy atom. The number of likely N-dealkylation sites (tertiary alicyclic amines) is 1. The van der Waals surface area contributed by atoms with Crippen LogP contribution < -0.4 is 0 Å². The van der Waals surface area contributed by atoms with E-state index in [0.717, 1.165) is 48.0 Å². The molecule has 3 heterocycles. The Hall–Kier alpha value is -2.69. The number of nitrogens with zero attached hydrogens (tertiary/aromatic N) is 4. The first-order valence-electron chi connectivity index (χ1n) is 8.82. The lowest BCUT2D eigenvalue weighted by molar-refractivity contribution is -0.131. The SMILES string of the molecule is Cc1cnn(CC2CCCN2C(=O)Cc2cccc3cccnc23)c1. The first-order valence-corrected chi connectivity index (χ1v) is 8.82. The number of hydrogen-bond acceptors (Lipinski definition) is 3.